The molecule has 0 aromatic carbocycles. The first-order chi connectivity index (χ1) is 8.60. The molecule has 1 unspecified atom stereocenters. The lowest BCUT2D eigenvalue weighted by Crippen LogP contribution is -2.35. The van der Waals surface area contributed by atoms with Crippen LogP contribution in [0.2, 0.25) is 0 Å². The predicted molar refractivity (Wildman–Crippen MR) is 79.1 cm³/mol. The van der Waals surface area contributed by atoms with Gasteiger partial charge < -0.3 is 5.32 Å². The van der Waals surface area contributed by atoms with Gasteiger partial charge in [-0.1, -0.05) is 19.3 Å². The molecule has 1 aliphatic carbocycles. The first kappa shape index (κ1) is 15.5. The Balaban J connectivity index is 0.00000133. The van der Waals surface area contributed by atoms with Gasteiger partial charge in [0.25, 0.3) is 0 Å². The fourth-order valence-corrected chi connectivity index (χ4v) is 5.23. The Morgan fingerprint density at radius 3 is 2.63 bits per heavy atom. The molecule has 0 bridgehead atoms. The molecule has 19 heavy (non-hydrogen) atoms. The minimum atomic E-state index is -2.99. The Bertz CT molecular complexity index is 403. The van der Waals surface area contributed by atoms with E-state index < -0.39 is 10.0 Å². The highest BCUT2D eigenvalue weighted by molar-refractivity contribution is 7.89. The highest BCUT2D eigenvalue weighted by atomic mass is 35.5. The first-order valence-electron chi connectivity index (χ1n) is 7.28. The molecule has 0 aromatic heterocycles. The van der Waals surface area contributed by atoms with Gasteiger partial charge in [0.15, 0.2) is 0 Å². The van der Waals surface area contributed by atoms with Crippen LogP contribution in [-0.2, 0) is 10.0 Å². The summed E-state index contributed by atoms with van der Waals surface area (Å²) in [6.45, 7) is 3.55. The normalized spacial score (nSPS) is 32.4. The fourth-order valence-electron chi connectivity index (χ4n) is 3.50. The molecule has 3 aliphatic rings. The summed E-state index contributed by atoms with van der Waals surface area (Å²) in [5.41, 5.74) is 0.254. The van der Waals surface area contributed by atoms with E-state index in [0.29, 0.717) is 11.7 Å². The number of nitrogens with zero attached hydrogens (tertiary/aromatic N) is 1. The van der Waals surface area contributed by atoms with Crippen molar-refractivity contribution >= 4 is 22.4 Å². The highest BCUT2D eigenvalue weighted by Gasteiger charge is 2.43. The zero-order valence-corrected chi connectivity index (χ0v) is 13.1. The lowest BCUT2D eigenvalue weighted by atomic mass is 9.84. The molecule has 3 fully saturated rings. The predicted octanol–water partition coefficient (Wildman–Crippen LogP) is 1.61. The molecule has 0 radical (unpaired) electrons. The van der Waals surface area contributed by atoms with E-state index in [1.165, 1.54) is 19.3 Å². The maximum atomic E-state index is 12.3. The smallest absolute Gasteiger partial charge is 0.214 e. The van der Waals surface area contributed by atoms with Crippen molar-refractivity contribution in [1.82, 2.24) is 9.62 Å². The summed E-state index contributed by atoms with van der Waals surface area (Å²) >= 11 is 0. The highest BCUT2D eigenvalue weighted by Crippen LogP contribution is 2.38. The molecule has 1 atom stereocenters. The summed E-state index contributed by atoms with van der Waals surface area (Å²) in [7, 11) is -2.99. The first-order valence-corrected chi connectivity index (χ1v) is 8.89. The summed E-state index contributed by atoms with van der Waals surface area (Å²) in [6, 6.07) is 0. The fraction of sp³-hybridized carbons (Fsp3) is 1.00. The third-order valence-electron chi connectivity index (χ3n) is 5.14. The molecule has 1 N–H and O–H groups in total. The van der Waals surface area contributed by atoms with Crippen molar-refractivity contribution in [3.05, 3.63) is 0 Å². The second-order valence-corrected chi connectivity index (χ2v) is 8.50. The maximum absolute atomic E-state index is 12.3. The van der Waals surface area contributed by atoms with E-state index in [9.17, 15) is 8.42 Å². The number of hydrogen-bond acceptors (Lipinski definition) is 3. The molecule has 4 nitrogen and oxygen atoms in total. The third kappa shape index (κ3) is 3.26. The lowest BCUT2D eigenvalue weighted by Gasteiger charge is -2.27. The Hall–Kier alpha value is 0.160. The van der Waals surface area contributed by atoms with E-state index in [4.69, 9.17) is 0 Å². The van der Waals surface area contributed by atoms with Gasteiger partial charge in [-0.2, -0.15) is 0 Å². The molecule has 0 amide bonds. The van der Waals surface area contributed by atoms with E-state index in [-0.39, 0.29) is 17.8 Å². The monoisotopic (exact) mass is 308 g/mol. The maximum Gasteiger partial charge on any atom is 0.214 e. The van der Waals surface area contributed by atoms with Gasteiger partial charge in [0.1, 0.15) is 0 Å². The van der Waals surface area contributed by atoms with Gasteiger partial charge >= 0.3 is 0 Å². The molecule has 3 rings (SSSR count). The van der Waals surface area contributed by atoms with Crippen molar-refractivity contribution in [3.63, 3.8) is 0 Å². The lowest BCUT2D eigenvalue weighted by molar-refractivity contribution is 0.304. The summed E-state index contributed by atoms with van der Waals surface area (Å²) in [5.74, 6) is 1.06. The zero-order chi connectivity index (χ0) is 12.6. The van der Waals surface area contributed by atoms with Gasteiger partial charge in [0.05, 0.1) is 5.75 Å². The van der Waals surface area contributed by atoms with E-state index in [2.05, 4.69) is 5.32 Å². The number of nitrogens with one attached hydrogen (secondary N) is 1. The number of sulfonamides is 1. The molecule has 2 heterocycles. The van der Waals surface area contributed by atoms with Crippen LogP contribution in [0.4, 0.5) is 0 Å². The third-order valence-corrected chi connectivity index (χ3v) is 6.99. The van der Waals surface area contributed by atoms with Gasteiger partial charge in [-0.15, -0.1) is 12.4 Å². The van der Waals surface area contributed by atoms with Crippen molar-refractivity contribution in [3.8, 4) is 0 Å². The standard InChI is InChI=1S/C13H24N2O2S.ClH/c16-18(17,9-4-12-2-1-3-12)15-8-6-13(11-15)5-7-14-10-13;/h12,14H,1-11H2;1H. The molecular weight excluding hydrogens is 284 g/mol. The SMILES string of the molecule is Cl.O=S(=O)(CCC1CCC1)N1CCC2(CCNC2)C1. The van der Waals surface area contributed by atoms with Crippen LogP contribution in [0.3, 0.4) is 0 Å². The van der Waals surface area contributed by atoms with Crippen LogP contribution < -0.4 is 5.32 Å². The van der Waals surface area contributed by atoms with Crippen molar-refractivity contribution in [2.75, 3.05) is 31.9 Å². The second kappa shape index (κ2) is 5.88. The number of halogens is 1. The van der Waals surface area contributed by atoms with Crippen molar-refractivity contribution < 1.29 is 8.42 Å². The second-order valence-electron chi connectivity index (χ2n) is 6.41. The van der Waals surface area contributed by atoms with E-state index in [1.807, 2.05) is 0 Å². The Morgan fingerprint density at radius 2 is 2.05 bits per heavy atom. The van der Waals surface area contributed by atoms with Gasteiger partial charge in [-0.3, -0.25) is 0 Å². The molecular formula is C13H25ClN2O2S. The van der Waals surface area contributed by atoms with Crippen LogP contribution in [0.1, 0.15) is 38.5 Å². The molecule has 2 aliphatic heterocycles. The van der Waals surface area contributed by atoms with Crippen molar-refractivity contribution in [1.29, 1.82) is 0 Å². The summed E-state index contributed by atoms with van der Waals surface area (Å²) in [6.07, 6.45) is 6.84. The number of rotatable bonds is 4. The average molecular weight is 309 g/mol. The largest absolute Gasteiger partial charge is 0.316 e. The van der Waals surface area contributed by atoms with E-state index in [0.717, 1.165) is 45.4 Å². The summed E-state index contributed by atoms with van der Waals surface area (Å²) in [5, 5.41) is 3.37. The Morgan fingerprint density at radius 1 is 1.26 bits per heavy atom. The quantitative estimate of drug-likeness (QED) is 0.858. The topological polar surface area (TPSA) is 49.4 Å². The Kier molecular flexibility index (Phi) is 4.81. The molecule has 1 saturated carbocycles. The molecule has 2 saturated heterocycles. The Labute approximate surface area is 122 Å². The van der Waals surface area contributed by atoms with Crippen LogP contribution in [0.5, 0.6) is 0 Å². The van der Waals surface area contributed by atoms with Crippen LogP contribution >= 0.6 is 12.4 Å². The van der Waals surface area contributed by atoms with Gasteiger partial charge in [0.2, 0.25) is 10.0 Å². The summed E-state index contributed by atoms with van der Waals surface area (Å²) in [4.78, 5) is 0. The molecule has 112 valence electrons. The van der Waals surface area contributed by atoms with Crippen LogP contribution in [-0.4, -0.2) is 44.7 Å². The minimum absolute atomic E-state index is 0. The van der Waals surface area contributed by atoms with Gasteiger partial charge in [0, 0.05) is 19.6 Å². The molecule has 0 aromatic rings. The average Bonchev–Trinajstić information content (AvgIpc) is 2.88. The molecule has 1 spiro atoms. The summed E-state index contributed by atoms with van der Waals surface area (Å²) < 4.78 is 26.4. The van der Waals surface area contributed by atoms with Gasteiger partial charge in [-0.05, 0) is 37.1 Å². The van der Waals surface area contributed by atoms with Crippen molar-refractivity contribution in [2.24, 2.45) is 11.3 Å². The van der Waals surface area contributed by atoms with Crippen molar-refractivity contribution in [2.45, 2.75) is 38.5 Å². The minimum Gasteiger partial charge on any atom is -0.316 e. The van der Waals surface area contributed by atoms with Crippen LogP contribution in [0, 0.1) is 11.3 Å². The number of hydrogen-bond donors (Lipinski definition) is 1. The molecule has 6 heteroatoms. The van der Waals surface area contributed by atoms with Crippen LogP contribution in [0.25, 0.3) is 0 Å². The van der Waals surface area contributed by atoms with E-state index >= 15 is 0 Å². The van der Waals surface area contributed by atoms with Crippen LogP contribution in [0.15, 0.2) is 0 Å². The van der Waals surface area contributed by atoms with Gasteiger partial charge in [-0.25, -0.2) is 12.7 Å². The zero-order valence-electron chi connectivity index (χ0n) is 11.4. The van der Waals surface area contributed by atoms with E-state index in [1.54, 1.807) is 4.31 Å².